The molecule has 0 unspecified atom stereocenters. The van der Waals surface area contributed by atoms with E-state index in [1.165, 1.54) is 0 Å². The van der Waals surface area contributed by atoms with E-state index in [2.05, 4.69) is 0 Å². The Hall–Kier alpha value is -1.38. The van der Waals surface area contributed by atoms with E-state index in [-0.39, 0.29) is 6.79 Å². The Morgan fingerprint density at radius 2 is 2.00 bits per heavy atom. The second-order valence-electron chi connectivity index (χ2n) is 2.07. The number of fused-ring (bicyclic) bond motifs is 1. The SMILES string of the molecule is [OH2+]c1ccc2c(c1)OCO2. The summed E-state index contributed by atoms with van der Waals surface area (Å²) in [5, 5.41) is 7.23. The Kier molecular flexibility index (Phi) is 0.974. The molecule has 1 heterocycles. The van der Waals surface area contributed by atoms with Crippen molar-refractivity contribution < 1.29 is 14.6 Å². The fourth-order valence-electron chi connectivity index (χ4n) is 0.897. The first kappa shape index (κ1) is 5.41. The minimum Gasteiger partial charge on any atom is -0.593 e. The predicted molar refractivity (Wildman–Crippen MR) is 35.6 cm³/mol. The maximum atomic E-state index is 7.23. The minimum absolute atomic E-state index is 0.277. The Balaban J connectivity index is 2.52. The van der Waals surface area contributed by atoms with Crippen molar-refractivity contribution in [3.8, 4) is 17.2 Å². The molecule has 0 aromatic heterocycles. The van der Waals surface area contributed by atoms with Gasteiger partial charge in [-0.3, -0.25) is 0 Å². The zero-order valence-corrected chi connectivity index (χ0v) is 5.26. The van der Waals surface area contributed by atoms with E-state index >= 15 is 0 Å². The highest BCUT2D eigenvalue weighted by Crippen LogP contribution is 2.34. The Bertz CT molecular complexity index is 257. The van der Waals surface area contributed by atoms with Gasteiger partial charge in [0.2, 0.25) is 6.79 Å². The normalized spacial score (nSPS) is 13.6. The molecule has 2 N–H and O–H groups in total. The van der Waals surface area contributed by atoms with E-state index in [1.807, 2.05) is 0 Å². The highest BCUT2D eigenvalue weighted by Gasteiger charge is 2.13. The van der Waals surface area contributed by atoms with Gasteiger partial charge in [0, 0.05) is 6.07 Å². The molecular formula is C7H7O3+. The van der Waals surface area contributed by atoms with Gasteiger partial charge >= 0.3 is 0 Å². The van der Waals surface area contributed by atoms with Gasteiger partial charge in [0.15, 0.2) is 11.5 Å². The molecule has 52 valence electrons. The van der Waals surface area contributed by atoms with E-state index in [0.29, 0.717) is 11.5 Å². The van der Waals surface area contributed by atoms with Crippen LogP contribution in [-0.2, 0) is 0 Å². The topological polar surface area (TPSA) is 41.4 Å². The maximum Gasteiger partial charge on any atom is 0.257 e. The van der Waals surface area contributed by atoms with Gasteiger partial charge in [-0.25, -0.2) is 0 Å². The first-order valence-electron chi connectivity index (χ1n) is 2.97. The van der Waals surface area contributed by atoms with Crippen molar-refractivity contribution in [1.29, 1.82) is 0 Å². The number of benzene rings is 1. The van der Waals surface area contributed by atoms with Gasteiger partial charge in [0.25, 0.3) is 5.75 Å². The van der Waals surface area contributed by atoms with Crippen molar-refractivity contribution in [3.63, 3.8) is 0 Å². The van der Waals surface area contributed by atoms with Gasteiger partial charge in [0.05, 0.1) is 6.07 Å². The molecule has 0 aliphatic carbocycles. The predicted octanol–water partition coefficient (Wildman–Crippen LogP) is 0.853. The number of ether oxygens (including phenoxy) is 2. The first-order chi connectivity index (χ1) is 4.86. The Morgan fingerprint density at radius 1 is 1.20 bits per heavy atom. The molecular weight excluding hydrogens is 132 g/mol. The van der Waals surface area contributed by atoms with Gasteiger partial charge in [-0.1, -0.05) is 0 Å². The van der Waals surface area contributed by atoms with Crippen molar-refractivity contribution in [2.24, 2.45) is 0 Å². The minimum atomic E-state index is 0.277. The average Bonchev–Trinajstić information content (AvgIpc) is 2.33. The van der Waals surface area contributed by atoms with Crippen molar-refractivity contribution in [2.75, 3.05) is 6.79 Å². The molecule has 0 saturated carbocycles. The van der Waals surface area contributed by atoms with Crippen molar-refractivity contribution in [2.45, 2.75) is 0 Å². The van der Waals surface area contributed by atoms with Crippen LogP contribution in [-0.4, -0.2) is 11.9 Å². The van der Waals surface area contributed by atoms with Crippen LogP contribution in [0, 0.1) is 0 Å². The van der Waals surface area contributed by atoms with E-state index in [4.69, 9.17) is 14.6 Å². The third kappa shape index (κ3) is 0.673. The number of rotatable bonds is 0. The summed E-state index contributed by atoms with van der Waals surface area (Å²) in [6.45, 7) is 0.277. The standard InChI is InChI=1S/C7H6O3/c8-5-1-2-6-7(3-5)10-4-9-6/h1-3,8H,4H2/p+1. The molecule has 0 saturated heterocycles. The molecule has 3 nitrogen and oxygen atoms in total. The van der Waals surface area contributed by atoms with Crippen LogP contribution in [0.1, 0.15) is 0 Å². The molecule has 2 rings (SSSR count). The van der Waals surface area contributed by atoms with Crippen molar-refractivity contribution in [3.05, 3.63) is 18.2 Å². The van der Waals surface area contributed by atoms with Crippen LogP contribution in [0.2, 0.25) is 0 Å². The van der Waals surface area contributed by atoms with Crippen molar-refractivity contribution >= 4 is 0 Å². The second-order valence-corrected chi connectivity index (χ2v) is 2.07. The third-order valence-electron chi connectivity index (χ3n) is 1.37. The van der Waals surface area contributed by atoms with Crippen LogP contribution in [0.5, 0.6) is 17.2 Å². The van der Waals surface area contributed by atoms with E-state index in [1.54, 1.807) is 18.2 Å². The molecule has 1 aromatic rings. The lowest BCUT2D eigenvalue weighted by Gasteiger charge is -1.91. The van der Waals surface area contributed by atoms with E-state index < -0.39 is 0 Å². The molecule has 0 bridgehead atoms. The molecule has 0 spiro atoms. The largest absolute Gasteiger partial charge is 0.593 e. The van der Waals surface area contributed by atoms with Gasteiger partial charge < -0.3 is 14.6 Å². The van der Waals surface area contributed by atoms with Gasteiger partial charge in [0.1, 0.15) is 0 Å². The first-order valence-corrected chi connectivity index (χ1v) is 2.97. The summed E-state index contributed by atoms with van der Waals surface area (Å²) in [6, 6.07) is 5.06. The van der Waals surface area contributed by atoms with Crippen LogP contribution in [0.4, 0.5) is 0 Å². The van der Waals surface area contributed by atoms with Crippen LogP contribution in [0.25, 0.3) is 0 Å². The maximum absolute atomic E-state index is 7.23. The van der Waals surface area contributed by atoms with Gasteiger partial charge in [-0.2, -0.15) is 0 Å². The molecule has 10 heavy (non-hydrogen) atoms. The van der Waals surface area contributed by atoms with E-state index in [0.717, 1.165) is 5.75 Å². The summed E-state index contributed by atoms with van der Waals surface area (Å²) in [4.78, 5) is 0. The fourth-order valence-corrected chi connectivity index (χ4v) is 0.897. The summed E-state index contributed by atoms with van der Waals surface area (Å²) < 4.78 is 10.1. The summed E-state index contributed by atoms with van der Waals surface area (Å²) in [5.74, 6) is 1.85. The molecule has 0 radical (unpaired) electrons. The van der Waals surface area contributed by atoms with Crippen LogP contribution in [0.3, 0.4) is 0 Å². The van der Waals surface area contributed by atoms with Gasteiger partial charge in [-0.15, -0.1) is 0 Å². The molecule has 0 fully saturated rings. The highest BCUT2D eigenvalue weighted by atomic mass is 16.7. The lowest BCUT2D eigenvalue weighted by Crippen LogP contribution is -1.92. The fraction of sp³-hybridized carbons (Fsp3) is 0.143. The third-order valence-corrected chi connectivity index (χ3v) is 1.37. The average molecular weight is 139 g/mol. The Labute approximate surface area is 57.8 Å². The monoisotopic (exact) mass is 139 g/mol. The molecule has 0 atom stereocenters. The lowest BCUT2D eigenvalue weighted by atomic mass is 10.3. The Morgan fingerprint density at radius 3 is 2.90 bits per heavy atom. The van der Waals surface area contributed by atoms with Gasteiger partial charge in [-0.05, 0) is 6.07 Å². The van der Waals surface area contributed by atoms with E-state index in [9.17, 15) is 0 Å². The van der Waals surface area contributed by atoms with Crippen LogP contribution in [0.15, 0.2) is 18.2 Å². The summed E-state index contributed by atoms with van der Waals surface area (Å²) in [6.07, 6.45) is 0. The summed E-state index contributed by atoms with van der Waals surface area (Å²) >= 11 is 0. The number of hydrogen-bond acceptors (Lipinski definition) is 2. The highest BCUT2D eigenvalue weighted by molar-refractivity contribution is 5.46. The summed E-state index contributed by atoms with van der Waals surface area (Å²) in [5.41, 5.74) is 0. The molecule has 1 aliphatic heterocycles. The van der Waals surface area contributed by atoms with Crippen LogP contribution < -0.4 is 9.47 Å². The molecule has 1 aromatic carbocycles. The summed E-state index contributed by atoms with van der Waals surface area (Å²) in [7, 11) is 0. The zero-order chi connectivity index (χ0) is 6.97. The number of hydrogen-bond donors (Lipinski definition) is 0. The zero-order valence-electron chi connectivity index (χ0n) is 5.26. The molecule has 0 amide bonds. The molecule has 3 heteroatoms. The second kappa shape index (κ2) is 1.80. The van der Waals surface area contributed by atoms with Crippen LogP contribution >= 0.6 is 0 Å². The smallest absolute Gasteiger partial charge is 0.257 e. The lowest BCUT2D eigenvalue weighted by molar-refractivity contribution is 0.174. The van der Waals surface area contributed by atoms with Crippen molar-refractivity contribution in [1.82, 2.24) is 0 Å². The quantitative estimate of drug-likeness (QED) is 0.500. The molecule has 1 aliphatic rings.